The van der Waals surface area contributed by atoms with Crippen LogP contribution in [0, 0.1) is 0 Å². The smallest absolute Gasteiger partial charge is 0.158 e. The zero-order valence-corrected chi connectivity index (χ0v) is 8.25. The maximum absolute atomic E-state index is 11.2. The minimum absolute atomic E-state index is 0.232. The normalized spacial score (nSPS) is 22.6. The third kappa shape index (κ3) is 3.31. The molecule has 0 spiro atoms. The van der Waals surface area contributed by atoms with Gasteiger partial charge in [-0.05, 0) is 30.9 Å². The molecule has 2 heteroatoms. The first-order chi connectivity index (χ1) is 6.24. The van der Waals surface area contributed by atoms with Gasteiger partial charge in [-0.25, -0.2) is 0 Å². The summed E-state index contributed by atoms with van der Waals surface area (Å²) in [7, 11) is 0. The highest BCUT2D eigenvalue weighted by molar-refractivity contribution is 5.97. The average molecular weight is 182 g/mol. The summed E-state index contributed by atoms with van der Waals surface area (Å²) >= 11 is 0. The van der Waals surface area contributed by atoms with Gasteiger partial charge in [0.1, 0.15) is 0 Å². The monoisotopic (exact) mass is 182 g/mol. The molecule has 0 aromatic rings. The van der Waals surface area contributed by atoms with E-state index >= 15 is 0 Å². The molecule has 2 nitrogen and oxygen atoms in total. The Hall–Kier alpha value is -0.630. The van der Waals surface area contributed by atoms with Gasteiger partial charge in [0.2, 0.25) is 0 Å². The second-order valence-corrected chi connectivity index (χ2v) is 3.68. The zero-order chi connectivity index (χ0) is 9.68. The standard InChI is InChI=1S/C11H18O2/c1-2-3-6-10(12)8-9-5-4-7-11(9)13/h8,10,12H,2-7H2,1H3/b9-8-. The Kier molecular flexibility index (Phi) is 4.16. The van der Waals surface area contributed by atoms with Crippen LogP contribution in [0.5, 0.6) is 0 Å². The third-order valence-corrected chi connectivity index (χ3v) is 2.46. The SMILES string of the molecule is CCCCC(O)/C=C1/CCCC1=O. The maximum Gasteiger partial charge on any atom is 0.158 e. The number of Topliss-reactive ketones (excluding diaryl/α,β-unsaturated/α-hetero) is 1. The molecule has 74 valence electrons. The van der Waals surface area contributed by atoms with E-state index in [2.05, 4.69) is 6.92 Å². The fourth-order valence-corrected chi connectivity index (χ4v) is 1.64. The van der Waals surface area contributed by atoms with Gasteiger partial charge in [0.05, 0.1) is 6.10 Å². The molecule has 1 aliphatic rings. The Labute approximate surface area is 79.6 Å². The lowest BCUT2D eigenvalue weighted by Gasteiger charge is -2.04. The molecule has 1 saturated carbocycles. The summed E-state index contributed by atoms with van der Waals surface area (Å²) in [4.78, 5) is 11.2. The van der Waals surface area contributed by atoms with E-state index in [1.165, 1.54) is 0 Å². The fraction of sp³-hybridized carbons (Fsp3) is 0.727. The summed E-state index contributed by atoms with van der Waals surface area (Å²) < 4.78 is 0. The number of allylic oxidation sites excluding steroid dienone is 1. The van der Waals surface area contributed by atoms with E-state index in [1.807, 2.05) is 0 Å². The van der Waals surface area contributed by atoms with Crippen LogP contribution in [-0.2, 0) is 4.79 Å². The number of ketones is 1. The van der Waals surface area contributed by atoms with Gasteiger partial charge in [0.15, 0.2) is 5.78 Å². The van der Waals surface area contributed by atoms with Crippen molar-refractivity contribution in [3.63, 3.8) is 0 Å². The van der Waals surface area contributed by atoms with Crippen LogP contribution in [0.1, 0.15) is 45.4 Å². The number of hydrogen-bond donors (Lipinski definition) is 1. The van der Waals surface area contributed by atoms with Gasteiger partial charge in [-0.15, -0.1) is 0 Å². The highest BCUT2D eigenvalue weighted by Gasteiger charge is 2.17. The van der Waals surface area contributed by atoms with Crippen LogP contribution in [0.25, 0.3) is 0 Å². The lowest BCUT2D eigenvalue weighted by molar-refractivity contribution is -0.114. The number of aliphatic hydroxyl groups is 1. The first-order valence-corrected chi connectivity index (χ1v) is 5.16. The van der Waals surface area contributed by atoms with Crippen molar-refractivity contribution < 1.29 is 9.90 Å². The van der Waals surface area contributed by atoms with Gasteiger partial charge in [-0.2, -0.15) is 0 Å². The van der Waals surface area contributed by atoms with Crippen molar-refractivity contribution in [3.8, 4) is 0 Å². The van der Waals surface area contributed by atoms with Crippen molar-refractivity contribution in [1.82, 2.24) is 0 Å². The molecule has 1 fully saturated rings. The highest BCUT2D eigenvalue weighted by Crippen LogP contribution is 2.21. The average Bonchev–Trinajstić information content (AvgIpc) is 2.48. The molecule has 0 amide bonds. The Bertz CT molecular complexity index is 206. The topological polar surface area (TPSA) is 37.3 Å². The summed E-state index contributed by atoms with van der Waals surface area (Å²) in [6.45, 7) is 2.10. The van der Waals surface area contributed by atoms with Crippen LogP contribution in [0.15, 0.2) is 11.6 Å². The van der Waals surface area contributed by atoms with Crippen LogP contribution >= 0.6 is 0 Å². The maximum atomic E-state index is 11.2. The first kappa shape index (κ1) is 10.5. The van der Waals surface area contributed by atoms with Gasteiger partial charge in [-0.3, -0.25) is 4.79 Å². The lowest BCUT2D eigenvalue weighted by Crippen LogP contribution is -2.05. The van der Waals surface area contributed by atoms with Crippen LogP contribution in [0.4, 0.5) is 0 Å². The molecule has 0 aliphatic heterocycles. The van der Waals surface area contributed by atoms with Gasteiger partial charge < -0.3 is 5.11 Å². The molecular formula is C11H18O2. The zero-order valence-electron chi connectivity index (χ0n) is 8.25. The summed E-state index contributed by atoms with van der Waals surface area (Å²) in [6.07, 6.45) is 6.75. The van der Waals surface area contributed by atoms with E-state index in [0.29, 0.717) is 6.42 Å². The molecule has 1 N–H and O–H groups in total. The molecule has 13 heavy (non-hydrogen) atoms. The van der Waals surface area contributed by atoms with Crippen molar-refractivity contribution in [2.24, 2.45) is 0 Å². The van der Waals surface area contributed by atoms with Crippen molar-refractivity contribution in [1.29, 1.82) is 0 Å². The van der Waals surface area contributed by atoms with Gasteiger partial charge in [0, 0.05) is 6.42 Å². The molecule has 0 heterocycles. The van der Waals surface area contributed by atoms with E-state index < -0.39 is 6.10 Å². The third-order valence-electron chi connectivity index (χ3n) is 2.46. The number of carbonyl (C=O) groups excluding carboxylic acids is 1. The number of carbonyl (C=O) groups is 1. The number of unbranched alkanes of at least 4 members (excludes halogenated alkanes) is 1. The van der Waals surface area contributed by atoms with E-state index in [9.17, 15) is 9.90 Å². The largest absolute Gasteiger partial charge is 0.389 e. The number of hydrogen-bond acceptors (Lipinski definition) is 2. The van der Waals surface area contributed by atoms with Crippen molar-refractivity contribution in [2.75, 3.05) is 0 Å². The van der Waals surface area contributed by atoms with Crippen LogP contribution in [-0.4, -0.2) is 17.0 Å². The highest BCUT2D eigenvalue weighted by atomic mass is 16.3. The lowest BCUT2D eigenvalue weighted by atomic mass is 10.1. The van der Waals surface area contributed by atoms with E-state index in [0.717, 1.165) is 37.7 Å². The predicted molar refractivity (Wildman–Crippen MR) is 52.5 cm³/mol. The molecule has 0 radical (unpaired) electrons. The Balaban J connectivity index is 2.39. The Morgan fingerprint density at radius 3 is 2.85 bits per heavy atom. The number of rotatable bonds is 4. The minimum Gasteiger partial charge on any atom is -0.389 e. The molecule has 1 unspecified atom stereocenters. The quantitative estimate of drug-likeness (QED) is 0.677. The van der Waals surface area contributed by atoms with E-state index in [1.54, 1.807) is 6.08 Å². The molecule has 0 aromatic carbocycles. The van der Waals surface area contributed by atoms with E-state index in [4.69, 9.17) is 0 Å². The molecule has 0 aromatic heterocycles. The van der Waals surface area contributed by atoms with Crippen molar-refractivity contribution >= 4 is 5.78 Å². The van der Waals surface area contributed by atoms with Crippen LogP contribution in [0.2, 0.25) is 0 Å². The predicted octanol–water partition coefficient (Wildman–Crippen LogP) is 2.22. The summed E-state index contributed by atoms with van der Waals surface area (Å²) in [5, 5.41) is 9.53. The molecule has 0 saturated heterocycles. The van der Waals surface area contributed by atoms with Gasteiger partial charge in [0.25, 0.3) is 0 Å². The Morgan fingerprint density at radius 1 is 1.54 bits per heavy atom. The Morgan fingerprint density at radius 2 is 2.31 bits per heavy atom. The summed E-state index contributed by atoms with van der Waals surface area (Å²) in [6, 6.07) is 0. The second-order valence-electron chi connectivity index (χ2n) is 3.68. The van der Waals surface area contributed by atoms with Crippen molar-refractivity contribution in [3.05, 3.63) is 11.6 Å². The van der Waals surface area contributed by atoms with Crippen LogP contribution < -0.4 is 0 Å². The number of aliphatic hydroxyl groups excluding tert-OH is 1. The fourth-order valence-electron chi connectivity index (χ4n) is 1.64. The molecular weight excluding hydrogens is 164 g/mol. The van der Waals surface area contributed by atoms with Crippen LogP contribution in [0.3, 0.4) is 0 Å². The van der Waals surface area contributed by atoms with E-state index in [-0.39, 0.29) is 5.78 Å². The minimum atomic E-state index is -0.406. The molecule has 0 bridgehead atoms. The van der Waals surface area contributed by atoms with Gasteiger partial charge in [-0.1, -0.05) is 19.8 Å². The molecule has 1 rings (SSSR count). The van der Waals surface area contributed by atoms with Gasteiger partial charge >= 0.3 is 0 Å². The molecule has 1 atom stereocenters. The second kappa shape index (κ2) is 5.18. The summed E-state index contributed by atoms with van der Waals surface area (Å²) in [5.41, 5.74) is 0.851. The summed E-state index contributed by atoms with van der Waals surface area (Å²) in [5.74, 6) is 0.232. The van der Waals surface area contributed by atoms with Crippen molar-refractivity contribution in [2.45, 2.75) is 51.6 Å². The first-order valence-electron chi connectivity index (χ1n) is 5.16. The molecule has 1 aliphatic carbocycles.